The summed E-state index contributed by atoms with van der Waals surface area (Å²) < 4.78 is 7.43. The van der Waals surface area contributed by atoms with Gasteiger partial charge in [-0.15, -0.1) is 0 Å². The van der Waals surface area contributed by atoms with E-state index in [1.54, 1.807) is 10.7 Å². The predicted octanol–water partition coefficient (Wildman–Crippen LogP) is 1.58. The first-order chi connectivity index (χ1) is 10.3. The van der Waals surface area contributed by atoms with E-state index in [0.717, 1.165) is 50.3 Å². The molecule has 1 atom stereocenters. The third kappa shape index (κ3) is 3.52. The third-order valence-corrected chi connectivity index (χ3v) is 4.39. The van der Waals surface area contributed by atoms with Crippen molar-refractivity contribution >= 4 is 0 Å². The normalized spacial score (nSPS) is 23.0. The van der Waals surface area contributed by atoms with Crippen molar-refractivity contribution in [3.63, 3.8) is 0 Å². The van der Waals surface area contributed by atoms with Gasteiger partial charge in [0.1, 0.15) is 0 Å². The van der Waals surface area contributed by atoms with Crippen LogP contribution in [0.5, 0.6) is 0 Å². The number of hydrogen-bond donors (Lipinski definition) is 0. The molecule has 3 heterocycles. The standard InChI is InChI=1S/C16H25N3O2/c1-2-7-19-16(20)10-13-11-18(8-6-15(13)17-19)12-14-5-3-4-9-21-14/h10,14H,2-9,11-12H2,1H3. The van der Waals surface area contributed by atoms with Crippen LogP contribution in [-0.4, -0.2) is 40.5 Å². The molecular formula is C16H25N3O2. The molecular weight excluding hydrogens is 266 g/mol. The number of ether oxygens (including phenoxy) is 1. The molecule has 5 nitrogen and oxygen atoms in total. The first-order valence-corrected chi connectivity index (χ1v) is 8.20. The van der Waals surface area contributed by atoms with Crippen molar-refractivity contribution in [1.29, 1.82) is 0 Å². The number of fused-ring (bicyclic) bond motifs is 1. The molecule has 1 aromatic heterocycles. The minimum Gasteiger partial charge on any atom is -0.377 e. The van der Waals surface area contributed by atoms with Crippen LogP contribution in [0.3, 0.4) is 0 Å². The van der Waals surface area contributed by atoms with E-state index >= 15 is 0 Å². The van der Waals surface area contributed by atoms with Crippen LogP contribution in [0, 0.1) is 0 Å². The Morgan fingerprint density at radius 3 is 3.10 bits per heavy atom. The fourth-order valence-electron chi connectivity index (χ4n) is 3.26. The van der Waals surface area contributed by atoms with Gasteiger partial charge < -0.3 is 4.74 Å². The van der Waals surface area contributed by atoms with E-state index in [1.807, 2.05) is 0 Å². The second-order valence-electron chi connectivity index (χ2n) is 6.15. The first-order valence-electron chi connectivity index (χ1n) is 8.20. The monoisotopic (exact) mass is 291 g/mol. The zero-order valence-electron chi connectivity index (χ0n) is 12.9. The van der Waals surface area contributed by atoms with Crippen LogP contribution in [0.25, 0.3) is 0 Å². The van der Waals surface area contributed by atoms with Crippen LogP contribution >= 0.6 is 0 Å². The van der Waals surface area contributed by atoms with Gasteiger partial charge in [-0.3, -0.25) is 9.69 Å². The van der Waals surface area contributed by atoms with Crippen LogP contribution in [-0.2, 0) is 24.2 Å². The molecule has 21 heavy (non-hydrogen) atoms. The van der Waals surface area contributed by atoms with Gasteiger partial charge in [-0.2, -0.15) is 5.10 Å². The maximum absolute atomic E-state index is 12.0. The summed E-state index contributed by atoms with van der Waals surface area (Å²) in [4.78, 5) is 14.4. The second-order valence-corrected chi connectivity index (χ2v) is 6.15. The average Bonchev–Trinajstić information content (AvgIpc) is 2.49. The van der Waals surface area contributed by atoms with Crippen molar-refractivity contribution in [1.82, 2.24) is 14.7 Å². The Balaban J connectivity index is 1.67. The molecule has 0 saturated carbocycles. The maximum atomic E-state index is 12.0. The van der Waals surface area contributed by atoms with Crippen molar-refractivity contribution in [3.05, 3.63) is 27.7 Å². The highest BCUT2D eigenvalue weighted by Gasteiger charge is 2.23. The quantitative estimate of drug-likeness (QED) is 0.845. The van der Waals surface area contributed by atoms with Gasteiger partial charge in [-0.25, -0.2) is 4.68 Å². The summed E-state index contributed by atoms with van der Waals surface area (Å²) in [6.07, 6.45) is 5.88. The van der Waals surface area contributed by atoms with Gasteiger partial charge in [0.2, 0.25) is 0 Å². The minimum absolute atomic E-state index is 0.0337. The molecule has 116 valence electrons. The smallest absolute Gasteiger partial charge is 0.267 e. The first kappa shape index (κ1) is 14.7. The van der Waals surface area contributed by atoms with E-state index in [2.05, 4.69) is 16.9 Å². The number of aryl methyl sites for hydroxylation is 1. The lowest BCUT2D eigenvalue weighted by Crippen LogP contribution is -2.40. The van der Waals surface area contributed by atoms with Gasteiger partial charge in [-0.05, 0) is 31.2 Å². The number of rotatable bonds is 4. The number of nitrogens with zero attached hydrogens (tertiary/aromatic N) is 3. The van der Waals surface area contributed by atoms with Crippen LogP contribution in [0.2, 0.25) is 0 Å². The minimum atomic E-state index is 0.0337. The summed E-state index contributed by atoms with van der Waals surface area (Å²) in [5.74, 6) is 0. The van der Waals surface area contributed by atoms with Gasteiger partial charge in [0.15, 0.2) is 0 Å². The van der Waals surface area contributed by atoms with Crippen molar-refractivity contribution in [2.45, 2.75) is 58.2 Å². The summed E-state index contributed by atoms with van der Waals surface area (Å²) in [5, 5.41) is 4.53. The van der Waals surface area contributed by atoms with E-state index in [9.17, 15) is 4.79 Å². The molecule has 2 aliphatic rings. The zero-order valence-corrected chi connectivity index (χ0v) is 12.9. The zero-order chi connectivity index (χ0) is 14.7. The molecule has 0 N–H and O–H groups in total. The summed E-state index contributed by atoms with van der Waals surface area (Å²) in [5.41, 5.74) is 2.24. The van der Waals surface area contributed by atoms with Crippen LogP contribution < -0.4 is 5.56 Å². The summed E-state index contributed by atoms with van der Waals surface area (Å²) in [6, 6.07) is 1.78. The molecule has 1 saturated heterocycles. The maximum Gasteiger partial charge on any atom is 0.267 e. The van der Waals surface area contributed by atoms with E-state index in [0.29, 0.717) is 12.6 Å². The third-order valence-electron chi connectivity index (χ3n) is 4.39. The molecule has 1 fully saturated rings. The largest absolute Gasteiger partial charge is 0.377 e. The van der Waals surface area contributed by atoms with E-state index in [1.165, 1.54) is 19.3 Å². The van der Waals surface area contributed by atoms with Crippen molar-refractivity contribution < 1.29 is 4.74 Å². The molecule has 5 heteroatoms. The number of aromatic nitrogens is 2. The molecule has 1 aromatic rings. The Morgan fingerprint density at radius 1 is 1.43 bits per heavy atom. The molecule has 1 unspecified atom stereocenters. The number of hydrogen-bond acceptors (Lipinski definition) is 4. The van der Waals surface area contributed by atoms with Crippen molar-refractivity contribution in [3.8, 4) is 0 Å². The molecule has 0 amide bonds. The van der Waals surface area contributed by atoms with Gasteiger partial charge in [0, 0.05) is 45.3 Å². The molecule has 0 aromatic carbocycles. The van der Waals surface area contributed by atoms with Gasteiger partial charge >= 0.3 is 0 Å². The lowest BCUT2D eigenvalue weighted by molar-refractivity contribution is -0.00819. The molecule has 3 rings (SSSR count). The lowest BCUT2D eigenvalue weighted by atomic mass is 10.0. The topological polar surface area (TPSA) is 47.4 Å². The Morgan fingerprint density at radius 2 is 2.33 bits per heavy atom. The van der Waals surface area contributed by atoms with Gasteiger partial charge in [0.05, 0.1) is 11.8 Å². The lowest BCUT2D eigenvalue weighted by Gasteiger charge is -2.32. The average molecular weight is 291 g/mol. The van der Waals surface area contributed by atoms with Crippen molar-refractivity contribution in [2.75, 3.05) is 19.7 Å². The fraction of sp³-hybridized carbons (Fsp3) is 0.750. The Labute approximate surface area is 125 Å². The highest BCUT2D eigenvalue weighted by atomic mass is 16.5. The van der Waals surface area contributed by atoms with E-state index < -0.39 is 0 Å². The van der Waals surface area contributed by atoms with Crippen LogP contribution in [0.15, 0.2) is 10.9 Å². The summed E-state index contributed by atoms with van der Waals surface area (Å²) in [6.45, 7) is 6.52. The Hall–Kier alpha value is -1.20. The SMILES string of the molecule is CCCn1nc2c(cc1=O)CN(CC1CCCCO1)CC2. The molecule has 0 spiro atoms. The highest BCUT2D eigenvalue weighted by Crippen LogP contribution is 2.19. The molecule has 2 aliphatic heterocycles. The van der Waals surface area contributed by atoms with Crippen molar-refractivity contribution in [2.24, 2.45) is 0 Å². The van der Waals surface area contributed by atoms with Crippen LogP contribution in [0.1, 0.15) is 43.9 Å². The second kappa shape index (κ2) is 6.71. The van der Waals surface area contributed by atoms with Gasteiger partial charge in [0.25, 0.3) is 5.56 Å². The Bertz CT molecular complexity index is 535. The summed E-state index contributed by atoms with van der Waals surface area (Å²) >= 11 is 0. The molecule has 0 radical (unpaired) electrons. The van der Waals surface area contributed by atoms with Gasteiger partial charge in [-0.1, -0.05) is 6.92 Å². The molecule has 0 aliphatic carbocycles. The van der Waals surface area contributed by atoms with E-state index in [-0.39, 0.29) is 5.56 Å². The van der Waals surface area contributed by atoms with Crippen LogP contribution in [0.4, 0.5) is 0 Å². The molecule has 0 bridgehead atoms. The Kier molecular flexibility index (Phi) is 4.70. The predicted molar refractivity (Wildman–Crippen MR) is 81.4 cm³/mol. The fourth-order valence-corrected chi connectivity index (χ4v) is 3.26. The van der Waals surface area contributed by atoms with E-state index in [4.69, 9.17) is 4.74 Å². The highest BCUT2D eigenvalue weighted by molar-refractivity contribution is 5.20. The summed E-state index contributed by atoms with van der Waals surface area (Å²) in [7, 11) is 0.